The normalized spacial score (nSPS) is 16.0. The summed E-state index contributed by atoms with van der Waals surface area (Å²) in [5, 5.41) is 8.61. The molecule has 0 atom stereocenters. The summed E-state index contributed by atoms with van der Waals surface area (Å²) in [5.74, 6) is 0.100. The average molecular weight is 341 g/mol. The van der Waals surface area contributed by atoms with E-state index in [0.29, 0.717) is 5.89 Å². The first kappa shape index (κ1) is 15.9. The zero-order valence-corrected chi connectivity index (χ0v) is 14.6. The quantitative estimate of drug-likeness (QED) is 0.727. The van der Waals surface area contributed by atoms with E-state index in [1.54, 1.807) is 0 Å². The molecule has 1 aliphatic carbocycles. The zero-order valence-electron chi connectivity index (χ0n) is 14.6. The zero-order chi connectivity index (χ0) is 17.6. The third kappa shape index (κ3) is 2.73. The lowest BCUT2D eigenvalue weighted by Gasteiger charge is -2.30. The van der Waals surface area contributed by atoms with Gasteiger partial charge in [-0.3, -0.25) is 9.67 Å². The van der Waals surface area contributed by atoms with Gasteiger partial charge in [0.15, 0.2) is 5.69 Å². The Hall–Kier alpha value is -2.57. The summed E-state index contributed by atoms with van der Waals surface area (Å²) in [6.45, 7) is 7.41. The van der Waals surface area contributed by atoms with Gasteiger partial charge in [-0.1, -0.05) is 19.0 Å². The second-order valence-corrected chi connectivity index (χ2v) is 7.21. The second-order valence-electron chi connectivity index (χ2n) is 7.21. The van der Waals surface area contributed by atoms with E-state index in [1.807, 2.05) is 4.68 Å². The Labute approximate surface area is 145 Å². The summed E-state index contributed by atoms with van der Waals surface area (Å²) in [6.07, 6.45) is 5.77. The van der Waals surface area contributed by atoms with Gasteiger partial charge in [-0.15, -0.1) is 0 Å². The fourth-order valence-electron chi connectivity index (χ4n) is 3.40. The molecular weight excluding hydrogens is 321 g/mol. The van der Waals surface area contributed by atoms with Crippen molar-refractivity contribution < 1.29 is 8.91 Å². The van der Waals surface area contributed by atoms with Crippen molar-refractivity contribution in [2.24, 2.45) is 5.41 Å². The molecular formula is C18H20FN5O. The highest BCUT2D eigenvalue weighted by Crippen LogP contribution is 2.39. The molecule has 0 saturated carbocycles. The highest BCUT2D eigenvalue weighted by atomic mass is 19.1. The lowest BCUT2D eigenvalue weighted by molar-refractivity contribution is 0.304. The van der Waals surface area contributed by atoms with Crippen LogP contribution in [0.25, 0.3) is 23.0 Å². The van der Waals surface area contributed by atoms with Crippen LogP contribution >= 0.6 is 0 Å². The molecule has 1 aliphatic rings. The van der Waals surface area contributed by atoms with Crippen LogP contribution in [0.15, 0.2) is 23.0 Å². The Morgan fingerprint density at radius 3 is 2.96 bits per heavy atom. The van der Waals surface area contributed by atoms with Crippen molar-refractivity contribution in [2.75, 3.05) is 0 Å². The molecule has 0 aliphatic heterocycles. The molecule has 0 saturated heterocycles. The minimum Gasteiger partial charge on any atom is -0.332 e. The van der Waals surface area contributed by atoms with E-state index in [9.17, 15) is 4.39 Å². The van der Waals surface area contributed by atoms with Gasteiger partial charge in [0.1, 0.15) is 5.82 Å². The van der Waals surface area contributed by atoms with Gasteiger partial charge in [0.2, 0.25) is 5.82 Å². The maximum atomic E-state index is 13.9. The van der Waals surface area contributed by atoms with E-state index >= 15 is 0 Å². The number of rotatable bonds is 3. The third-order valence-electron chi connectivity index (χ3n) is 4.80. The standard InChI is InChI=1S/C18H20FN5O/c1-4-24-14-9-18(2,3)7-5-11(14)15(22-24)17-21-16(23-25-17)12-10-20-8-6-13(12)19/h6,8,10H,4-5,7,9H2,1-3H3. The third-order valence-corrected chi connectivity index (χ3v) is 4.80. The maximum Gasteiger partial charge on any atom is 0.279 e. The van der Waals surface area contributed by atoms with E-state index in [0.717, 1.165) is 31.5 Å². The van der Waals surface area contributed by atoms with Crippen molar-refractivity contribution in [1.82, 2.24) is 24.9 Å². The van der Waals surface area contributed by atoms with E-state index < -0.39 is 5.82 Å². The summed E-state index contributed by atoms with van der Waals surface area (Å²) < 4.78 is 21.3. The lowest BCUT2D eigenvalue weighted by Crippen LogP contribution is -2.24. The van der Waals surface area contributed by atoms with Gasteiger partial charge in [-0.2, -0.15) is 10.1 Å². The van der Waals surface area contributed by atoms with Crippen LogP contribution in [0, 0.1) is 11.2 Å². The number of fused-ring (bicyclic) bond motifs is 1. The van der Waals surface area contributed by atoms with Crippen LogP contribution in [0.3, 0.4) is 0 Å². The molecule has 3 aromatic heterocycles. The number of pyridine rings is 1. The summed E-state index contributed by atoms with van der Waals surface area (Å²) >= 11 is 0. The Kier molecular flexibility index (Phi) is 3.67. The predicted molar refractivity (Wildman–Crippen MR) is 90.2 cm³/mol. The molecule has 0 spiro atoms. The monoisotopic (exact) mass is 341 g/mol. The van der Waals surface area contributed by atoms with Gasteiger partial charge in [-0.05, 0) is 37.7 Å². The average Bonchev–Trinajstić information content (AvgIpc) is 3.18. The van der Waals surface area contributed by atoms with E-state index in [-0.39, 0.29) is 16.8 Å². The molecule has 0 fully saturated rings. The summed E-state index contributed by atoms with van der Waals surface area (Å²) in [6, 6.07) is 1.28. The second kappa shape index (κ2) is 5.75. The number of hydrogen-bond donors (Lipinski definition) is 0. The van der Waals surface area contributed by atoms with Crippen LogP contribution in [0.4, 0.5) is 4.39 Å². The van der Waals surface area contributed by atoms with Crippen molar-refractivity contribution in [3.63, 3.8) is 0 Å². The Balaban J connectivity index is 1.77. The topological polar surface area (TPSA) is 69.6 Å². The summed E-state index contributed by atoms with van der Waals surface area (Å²) in [7, 11) is 0. The van der Waals surface area contributed by atoms with Crippen LogP contribution in [-0.4, -0.2) is 24.9 Å². The van der Waals surface area contributed by atoms with Crippen LogP contribution in [0.1, 0.15) is 38.4 Å². The molecule has 3 aromatic rings. The molecule has 4 rings (SSSR count). The molecule has 0 radical (unpaired) electrons. The molecule has 130 valence electrons. The van der Waals surface area contributed by atoms with Crippen LogP contribution < -0.4 is 0 Å². The summed E-state index contributed by atoms with van der Waals surface area (Å²) in [4.78, 5) is 8.30. The molecule has 7 heteroatoms. The fourth-order valence-corrected chi connectivity index (χ4v) is 3.40. The Morgan fingerprint density at radius 2 is 2.20 bits per heavy atom. The van der Waals surface area contributed by atoms with Gasteiger partial charge in [-0.25, -0.2) is 4.39 Å². The van der Waals surface area contributed by atoms with Crippen molar-refractivity contribution >= 4 is 0 Å². The molecule has 0 amide bonds. The minimum atomic E-state index is -0.426. The maximum absolute atomic E-state index is 13.9. The van der Waals surface area contributed by atoms with Crippen molar-refractivity contribution in [3.05, 3.63) is 35.5 Å². The van der Waals surface area contributed by atoms with E-state index in [1.165, 1.54) is 29.7 Å². The van der Waals surface area contributed by atoms with Crippen molar-refractivity contribution in [2.45, 2.75) is 46.6 Å². The highest BCUT2D eigenvalue weighted by molar-refractivity contribution is 5.60. The van der Waals surface area contributed by atoms with Gasteiger partial charge >= 0.3 is 0 Å². The van der Waals surface area contributed by atoms with Gasteiger partial charge in [0.05, 0.1) is 5.56 Å². The first-order valence-electron chi connectivity index (χ1n) is 8.51. The smallest absolute Gasteiger partial charge is 0.279 e. The Bertz CT molecular complexity index is 927. The predicted octanol–water partition coefficient (Wildman–Crippen LogP) is 3.67. The van der Waals surface area contributed by atoms with Crippen molar-refractivity contribution in [1.29, 1.82) is 0 Å². The molecule has 3 heterocycles. The highest BCUT2D eigenvalue weighted by Gasteiger charge is 2.32. The van der Waals surface area contributed by atoms with Gasteiger partial charge < -0.3 is 4.52 Å². The number of aromatic nitrogens is 5. The lowest BCUT2D eigenvalue weighted by atomic mass is 9.76. The minimum absolute atomic E-state index is 0.191. The number of hydrogen-bond acceptors (Lipinski definition) is 5. The first-order chi connectivity index (χ1) is 12.0. The molecule has 0 unspecified atom stereocenters. The number of halogens is 1. The summed E-state index contributed by atoms with van der Waals surface area (Å²) in [5.41, 5.74) is 3.61. The molecule has 6 nitrogen and oxygen atoms in total. The molecule has 0 bridgehead atoms. The number of nitrogens with zero attached hydrogens (tertiary/aromatic N) is 5. The molecule has 0 N–H and O–H groups in total. The van der Waals surface area contributed by atoms with Gasteiger partial charge in [0.25, 0.3) is 5.89 Å². The molecule has 25 heavy (non-hydrogen) atoms. The largest absolute Gasteiger partial charge is 0.332 e. The number of aryl methyl sites for hydroxylation is 1. The Morgan fingerprint density at radius 1 is 1.36 bits per heavy atom. The van der Waals surface area contributed by atoms with Crippen molar-refractivity contribution in [3.8, 4) is 23.0 Å². The SMILES string of the molecule is CCn1nc(-c2nc(-c3cnccc3F)no2)c2c1CC(C)(C)CC2. The van der Waals surface area contributed by atoms with Crippen LogP contribution in [-0.2, 0) is 19.4 Å². The van der Waals surface area contributed by atoms with E-state index in [2.05, 4.69) is 41.0 Å². The van der Waals surface area contributed by atoms with Gasteiger partial charge in [0, 0.05) is 30.2 Å². The van der Waals surface area contributed by atoms with Crippen LogP contribution in [0.5, 0.6) is 0 Å². The molecule has 0 aromatic carbocycles. The fraction of sp³-hybridized carbons (Fsp3) is 0.444. The first-order valence-corrected chi connectivity index (χ1v) is 8.51. The van der Waals surface area contributed by atoms with Crippen LogP contribution in [0.2, 0.25) is 0 Å². The van der Waals surface area contributed by atoms with E-state index in [4.69, 9.17) is 4.52 Å².